The average molecular weight is 220 g/mol. The number of carbonyl (C=O) groups is 1. The van der Waals surface area contributed by atoms with Gasteiger partial charge in [-0.15, -0.1) is 0 Å². The highest BCUT2D eigenvalue weighted by atomic mass is 16.6. The van der Waals surface area contributed by atoms with Crippen molar-refractivity contribution in [2.45, 2.75) is 25.8 Å². The van der Waals surface area contributed by atoms with Gasteiger partial charge in [0.25, 0.3) is 0 Å². The number of amides is 1. The number of pyridine rings is 1. The Morgan fingerprint density at radius 3 is 3.25 bits per heavy atom. The first-order chi connectivity index (χ1) is 7.83. The molecule has 4 heteroatoms. The van der Waals surface area contributed by atoms with Gasteiger partial charge in [0, 0.05) is 18.9 Å². The molecule has 1 atom stereocenters. The van der Waals surface area contributed by atoms with Gasteiger partial charge in [0.1, 0.15) is 0 Å². The van der Waals surface area contributed by atoms with Gasteiger partial charge in [-0.25, -0.2) is 4.79 Å². The van der Waals surface area contributed by atoms with Crippen molar-refractivity contribution < 1.29 is 9.53 Å². The van der Waals surface area contributed by atoms with Crippen LogP contribution < -0.4 is 0 Å². The molecule has 1 aliphatic heterocycles. The molecule has 0 bridgehead atoms. The van der Waals surface area contributed by atoms with E-state index >= 15 is 0 Å². The van der Waals surface area contributed by atoms with Gasteiger partial charge in [-0.05, 0) is 31.4 Å². The molecule has 16 heavy (non-hydrogen) atoms. The molecule has 86 valence electrons. The summed E-state index contributed by atoms with van der Waals surface area (Å²) in [5.74, 6) is 0. The lowest BCUT2D eigenvalue weighted by atomic mass is 10.1. The van der Waals surface area contributed by atoms with Crippen LogP contribution in [0.3, 0.4) is 0 Å². The first-order valence-corrected chi connectivity index (χ1v) is 5.66. The molecular weight excluding hydrogens is 204 g/mol. The monoisotopic (exact) mass is 220 g/mol. The zero-order valence-electron chi connectivity index (χ0n) is 9.43. The van der Waals surface area contributed by atoms with E-state index in [1.165, 1.54) is 0 Å². The molecule has 0 saturated carbocycles. The van der Waals surface area contributed by atoms with Gasteiger partial charge in [0.05, 0.1) is 12.6 Å². The lowest BCUT2D eigenvalue weighted by molar-refractivity contribution is 0.103. The summed E-state index contributed by atoms with van der Waals surface area (Å²) in [6, 6.07) is 4.04. The van der Waals surface area contributed by atoms with E-state index < -0.39 is 0 Å². The minimum atomic E-state index is -0.214. The molecule has 0 unspecified atom stereocenters. The maximum absolute atomic E-state index is 11.7. The van der Waals surface area contributed by atoms with Crippen LogP contribution in [0.15, 0.2) is 24.5 Å². The number of carbonyl (C=O) groups excluding carboxylic acids is 1. The predicted molar refractivity (Wildman–Crippen MR) is 59.9 cm³/mol. The van der Waals surface area contributed by atoms with E-state index in [9.17, 15) is 4.79 Å². The summed E-state index contributed by atoms with van der Waals surface area (Å²) in [6.07, 6.45) is 5.37. The fraction of sp³-hybridized carbons (Fsp3) is 0.500. The molecule has 1 saturated heterocycles. The normalized spacial score (nSPS) is 19.8. The minimum Gasteiger partial charge on any atom is -0.450 e. The highest BCUT2D eigenvalue weighted by Crippen LogP contribution is 2.31. The summed E-state index contributed by atoms with van der Waals surface area (Å²) in [6.45, 7) is 3.03. The summed E-state index contributed by atoms with van der Waals surface area (Å²) < 4.78 is 5.04. The van der Waals surface area contributed by atoms with E-state index in [0.717, 1.165) is 24.9 Å². The van der Waals surface area contributed by atoms with Crippen molar-refractivity contribution in [1.82, 2.24) is 9.88 Å². The molecule has 4 nitrogen and oxygen atoms in total. The van der Waals surface area contributed by atoms with Gasteiger partial charge >= 0.3 is 6.09 Å². The zero-order valence-corrected chi connectivity index (χ0v) is 9.43. The van der Waals surface area contributed by atoms with Crippen molar-refractivity contribution >= 4 is 6.09 Å². The average Bonchev–Trinajstić information content (AvgIpc) is 2.79. The van der Waals surface area contributed by atoms with Crippen LogP contribution in [0.4, 0.5) is 4.79 Å². The first kappa shape index (κ1) is 10.9. The Hall–Kier alpha value is -1.58. The number of hydrogen-bond acceptors (Lipinski definition) is 3. The topological polar surface area (TPSA) is 42.4 Å². The molecule has 2 rings (SSSR count). The third-order valence-corrected chi connectivity index (χ3v) is 2.82. The van der Waals surface area contributed by atoms with Gasteiger partial charge in [-0.2, -0.15) is 0 Å². The van der Waals surface area contributed by atoms with Crippen LogP contribution in [0.5, 0.6) is 0 Å². The molecule has 1 aromatic heterocycles. The van der Waals surface area contributed by atoms with Crippen LogP contribution in [-0.4, -0.2) is 29.1 Å². The second kappa shape index (κ2) is 4.96. The van der Waals surface area contributed by atoms with Crippen LogP contribution in [0, 0.1) is 0 Å². The van der Waals surface area contributed by atoms with Gasteiger partial charge in [0.2, 0.25) is 0 Å². The molecule has 1 aromatic rings. The van der Waals surface area contributed by atoms with Gasteiger partial charge in [-0.1, -0.05) is 6.07 Å². The van der Waals surface area contributed by atoms with Crippen molar-refractivity contribution in [3.63, 3.8) is 0 Å². The molecule has 1 aliphatic rings. The van der Waals surface area contributed by atoms with E-state index in [4.69, 9.17) is 4.74 Å². The van der Waals surface area contributed by atoms with E-state index in [0.29, 0.717) is 6.61 Å². The Morgan fingerprint density at radius 2 is 2.56 bits per heavy atom. The van der Waals surface area contributed by atoms with E-state index in [1.807, 2.05) is 25.3 Å². The second-order valence-corrected chi connectivity index (χ2v) is 3.84. The summed E-state index contributed by atoms with van der Waals surface area (Å²) in [4.78, 5) is 17.6. The van der Waals surface area contributed by atoms with Crippen LogP contribution in [0.2, 0.25) is 0 Å². The van der Waals surface area contributed by atoms with Crippen LogP contribution >= 0.6 is 0 Å². The molecular formula is C12H16N2O2. The van der Waals surface area contributed by atoms with Gasteiger partial charge < -0.3 is 9.64 Å². The van der Waals surface area contributed by atoms with Crippen LogP contribution in [0.25, 0.3) is 0 Å². The zero-order chi connectivity index (χ0) is 11.4. The minimum absolute atomic E-state index is 0.132. The Kier molecular flexibility index (Phi) is 3.39. The molecule has 0 N–H and O–H groups in total. The summed E-state index contributed by atoms with van der Waals surface area (Å²) in [5.41, 5.74) is 1.09. The fourth-order valence-corrected chi connectivity index (χ4v) is 2.11. The molecule has 0 radical (unpaired) electrons. The number of hydrogen-bond donors (Lipinski definition) is 0. The van der Waals surface area contributed by atoms with Crippen molar-refractivity contribution in [2.75, 3.05) is 13.2 Å². The Bertz CT molecular complexity index is 353. The fourth-order valence-electron chi connectivity index (χ4n) is 2.11. The number of rotatable bonds is 2. The smallest absolute Gasteiger partial charge is 0.410 e. The first-order valence-electron chi connectivity index (χ1n) is 5.66. The number of nitrogens with zero attached hydrogens (tertiary/aromatic N) is 2. The van der Waals surface area contributed by atoms with E-state index in [2.05, 4.69) is 4.98 Å². The lowest BCUT2D eigenvalue weighted by Gasteiger charge is -2.23. The van der Waals surface area contributed by atoms with Gasteiger partial charge in [0.15, 0.2) is 0 Å². The molecule has 1 fully saturated rings. The second-order valence-electron chi connectivity index (χ2n) is 3.84. The lowest BCUT2D eigenvalue weighted by Crippen LogP contribution is -2.31. The Morgan fingerprint density at radius 1 is 1.69 bits per heavy atom. The highest BCUT2D eigenvalue weighted by Gasteiger charge is 2.30. The number of likely N-dealkylation sites (tertiary alicyclic amines) is 1. The Balaban J connectivity index is 2.12. The van der Waals surface area contributed by atoms with Crippen molar-refractivity contribution in [1.29, 1.82) is 0 Å². The summed E-state index contributed by atoms with van der Waals surface area (Å²) in [5, 5.41) is 0. The molecule has 0 spiro atoms. The van der Waals surface area contributed by atoms with Crippen LogP contribution in [-0.2, 0) is 4.74 Å². The SMILES string of the molecule is CCOC(=O)N1CCC[C@@H]1c1cccnc1. The number of aromatic nitrogens is 1. The summed E-state index contributed by atoms with van der Waals surface area (Å²) >= 11 is 0. The largest absolute Gasteiger partial charge is 0.450 e. The van der Waals surface area contributed by atoms with Gasteiger partial charge in [-0.3, -0.25) is 4.98 Å². The maximum Gasteiger partial charge on any atom is 0.410 e. The van der Waals surface area contributed by atoms with Crippen LogP contribution in [0.1, 0.15) is 31.4 Å². The molecule has 0 aliphatic carbocycles. The van der Waals surface area contributed by atoms with E-state index in [-0.39, 0.29) is 12.1 Å². The van der Waals surface area contributed by atoms with Crippen molar-refractivity contribution in [3.8, 4) is 0 Å². The van der Waals surface area contributed by atoms with Crippen molar-refractivity contribution in [3.05, 3.63) is 30.1 Å². The predicted octanol–water partition coefficient (Wildman–Crippen LogP) is 2.38. The third kappa shape index (κ3) is 2.15. The highest BCUT2D eigenvalue weighted by molar-refractivity contribution is 5.68. The summed E-state index contributed by atoms with van der Waals surface area (Å²) in [7, 11) is 0. The molecule has 1 amide bonds. The number of ether oxygens (including phenoxy) is 1. The van der Waals surface area contributed by atoms with E-state index in [1.54, 1.807) is 11.1 Å². The maximum atomic E-state index is 11.7. The molecule has 0 aromatic carbocycles. The third-order valence-electron chi connectivity index (χ3n) is 2.82. The standard InChI is InChI=1S/C12H16N2O2/c1-2-16-12(15)14-8-4-6-11(14)10-5-3-7-13-9-10/h3,5,7,9,11H,2,4,6,8H2,1H3/t11-/m1/s1. The Labute approximate surface area is 95.2 Å². The van der Waals surface area contributed by atoms with Crippen molar-refractivity contribution in [2.24, 2.45) is 0 Å². The molecule has 2 heterocycles. The quantitative estimate of drug-likeness (QED) is 0.768.